The minimum Gasteiger partial charge on any atom is -0.314 e. The summed E-state index contributed by atoms with van der Waals surface area (Å²) in [6.45, 7) is 2.89. The lowest BCUT2D eigenvalue weighted by atomic mass is 10.3. The van der Waals surface area contributed by atoms with E-state index < -0.39 is 0 Å². The fourth-order valence-electron chi connectivity index (χ4n) is 1.30. The van der Waals surface area contributed by atoms with Crippen LogP contribution in [0.1, 0.15) is 6.92 Å². The maximum Gasteiger partial charge on any atom is 0.203 e. The fraction of sp³-hybridized carbons (Fsp3) is 0.222. The van der Waals surface area contributed by atoms with Gasteiger partial charge in [-0.15, -0.1) is 11.3 Å². The SMILES string of the molecule is CCn1c(-c2ccc(Br)s2)cnc1Cl. The molecule has 0 atom stereocenters. The molecule has 0 amide bonds. The van der Waals surface area contributed by atoms with E-state index in [1.807, 2.05) is 16.8 Å². The number of imidazole rings is 1. The second kappa shape index (κ2) is 4.04. The lowest BCUT2D eigenvalue weighted by molar-refractivity contribution is 0.771. The van der Waals surface area contributed by atoms with Crippen LogP contribution in [0.5, 0.6) is 0 Å². The topological polar surface area (TPSA) is 17.8 Å². The Morgan fingerprint density at radius 3 is 2.93 bits per heavy atom. The molecule has 0 aliphatic rings. The van der Waals surface area contributed by atoms with Crippen molar-refractivity contribution in [3.8, 4) is 10.6 Å². The van der Waals surface area contributed by atoms with Gasteiger partial charge in [0.1, 0.15) is 0 Å². The van der Waals surface area contributed by atoms with Gasteiger partial charge in [-0.1, -0.05) is 0 Å². The second-order valence-electron chi connectivity index (χ2n) is 2.76. The highest BCUT2D eigenvalue weighted by atomic mass is 79.9. The van der Waals surface area contributed by atoms with E-state index >= 15 is 0 Å². The third kappa shape index (κ3) is 1.74. The van der Waals surface area contributed by atoms with Crippen molar-refractivity contribution in [3.63, 3.8) is 0 Å². The maximum atomic E-state index is 5.95. The lowest BCUT2D eigenvalue weighted by Gasteiger charge is -2.03. The monoisotopic (exact) mass is 290 g/mol. The Morgan fingerprint density at radius 1 is 1.57 bits per heavy atom. The van der Waals surface area contributed by atoms with Gasteiger partial charge in [-0.05, 0) is 46.6 Å². The molecule has 0 bridgehead atoms. The van der Waals surface area contributed by atoms with E-state index in [2.05, 4.69) is 33.9 Å². The van der Waals surface area contributed by atoms with Gasteiger partial charge in [-0.3, -0.25) is 0 Å². The number of nitrogens with zero attached hydrogens (tertiary/aromatic N) is 2. The van der Waals surface area contributed by atoms with E-state index in [0.29, 0.717) is 5.28 Å². The zero-order valence-electron chi connectivity index (χ0n) is 7.50. The molecule has 5 heteroatoms. The molecule has 0 N–H and O–H groups in total. The van der Waals surface area contributed by atoms with Crippen LogP contribution in [-0.4, -0.2) is 9.55 Å². The van der Waals surface area contributed by atoms with E-state index in [4.69, 9.17) is 11.6 Å². The Hall–Kier alpha value is -0.320. The molecule has 0 saturated carbocycles. The summed E-state index contributed by atoms with van der Waals surface area (Å²) >= 11 is 11.1. The summed E-state index contributed by atoms with van der Waals surface area (Å²) in [5, 5.41) is 0.548. The summed E-state index contributed by atoms with van der Waals surface area (Å²) in [6, 6.07) is 4.09. The highest BCUT2D eigenvalue weighted by Gasteiger charge is 2.09. The Labute approximate surface area is 99.7 Å². The van der Waals surface area contributed by atoms with E-state index in [-0.39, 0.29) is 0 Å². The zero-order valence-corrected chi connectivity index (χ0v) is 10.7. The maximum absolute atomic E-state index is 5.95. The van der Waals surface area contributed by atoms with Gasteiger partial charge >= 0.3 is 0 Å². The predicted molar refractivity (Wildman–Crippen MR) is 63.9 cm³/mol. The van der Waals surface area contributed by atoms with Gasteiger partial charge in [0.2, 0.25) is 5.28 Å². The largest absolute Gasteiger partial charge is 0.314 e. The van der Waals surface area contributed by atoms with Crippen molar-refractivity contribution in [3.05, 3.63) is 27.4 Å². The molecule has 0 aliphatic carbocycles. The number of rotatable bonds is 2. The molecule has 2 nitrogen and oxygen atoms in total. The molecule has 2 aromatic rings. The first-order valence-corrected chi connectivity index (χ1v) is 6.18. The molecule has 2 rings (SSSR count). The van der Waals surface area contributed by atoms with Gasteiger partial charge in [-0.25, -0.2) is 4.98 Å². The van der Waals surface area contributed by atoms with Crippen LogP contribution in [0.3, 0.4) is 0 Å². The molecule has 2 aromatic heterocycles. The van der Waals surface area contributed by atoms with Crippen LogP contribution in [-0.2, 0) is 6.54 Å². The van der Waals surface area contributed by atoms with Gasteiger partial charge in [0.05, 0.1) is 20.6 Å². The van der Waals surface area contributed by atoms with Crippen molar-refractivity contribution in [1.82, 2.24) is 9.55 Å². The standard InChI is InChI=1S/C9H8BrClN2S/c1-2-13-6(5-12-9(13)11)7-3-4-8(10)14-7/h3-5H,2H2,1H3. The number of thiophene rings is 1. The minimum atomic E-state index is 0.548. The third-order valence-corrected chi connectivity index (χ3v) is 3.90. The quantitative estimate of drug-likeness (QED) is 0.816. The van der Waals surface area contributed by atoms with Gasteiger partial charge < -0.3 is 4.57 Å². The second-order valence-corrected chi connectivity index (χ2v) is 5.56. The number of hydrogen-bond donors (Lipinski definition) is 0. The van der Waals surface area contributed by atoms with Gasteiger partial charge in [-0.2, -0.15) is 0 Å². The number of aromatic nitrogens is 2. The van der Waals surface area contributed by atoms with Crippen LogP contribution < -0.4 is 0 Å². The van der Waals surface area contributed by atoms with Crippen molar-refractivity contribution >= 4 is 38.9 Å². The summed E-state index contributed by atoms with van der Waals surface area (Å²) in [5.41, 5.74) is 1.08. The normalized spacial score (nSPS) is 10.8. The van der Waals surface area contributed by atoms with Crippen molar-refractivity contribution in [2.45, 2.75) is 13.5 Å². The summed E-state index contributed by atoms with van der Waals surface area (Å²) < 4.78 is 3.10. The van der Waals surface area contributed by atoms with Crippen LogP contribution in [0.25, 0.3) is 10.6 Å². The van der Waals surface area contributed by atoms with Crippen molar-refractivity contribution in [2.75, 3.05) is 0 Å². The first-order valence-electron chi connectivity index (χ1n) is 4.19. The Bertz CT molecular complexity index is 449. The highest BCUT2D eigenvalue weighted by molar-refractivity contribution is 9.11. The summed E-state index contributed by atoms with van der Waals surface area (Å²) in [6.07, 6.45) is 1.81. The van der Waals surface area contributed by atoms with Crippen molar-refractivity contribution in [1.29, 1.82) is 0 Å². The van der Waals surface area contributed by atoms with Crippen molar-refractivity contribution in [2.24, 2.45) is 0 Å². The first-order chi connectivity index (χ1) is 6.72. The minimum absolute atomic E-state index is 0.548. The van der Waals surface area contributed by atoms with Crippen LogP contribution in [0.2, 0.25) is 5.28 Å². The van der Waals surface area contributed by atoms with Gasteiger partial charge in [0.25, 0.3) is 0 Å². The molecule has 0 spiro atoms. The summed E-state index contributed by atoms with van der Waals surface area (Å²) in [5.74, 6) is 0. The molecule has 14 heavy (non-hydrogen) atoms. The summed E-state index contributed by atoms with van der Waals surface area (Å²) in [4.78, 5) is 5.27. The van der Waals surface area contributed by atoms with Gasteiger partial charge in [0, 0.05) is 6.54 Å². The average Bonchev–Trinajstić information content (AvgIpc) is 2.71. The molecule has 0 aliphatic heterocycles. The molecule has 2 heterocycles. The zero-order chi connectivity index (χ0) is 10.1. The van der Waals surface area contributed by atoms with Gasteiger partial charge in [0.15, 0.2) is 0 Å². The van der Waals surface area contributed by atoms with E-state index in [0.717, 1.165) is 16.0 Å². The van der Waals surface area contributed by atoms with E-state index in [1.54, 1.807) is 11.3 Å². The lowest BCUT2D eigenvalue weighted by Crippen LogP contribution is -1.95. The molecule has 74 valence electrons. The van der Waals surface area contributed by atoms with Crippen LogP contribution in [0, 0.1) is 0 Å². The fourth-order valence-corrected chi connectivity index (χ4v) is 2.97. The van der Waals surface area contributed by atoms with E-state index in [1.165, 1.54) is 4.88 Å². The highest BCUT2D eigenvalue weighted by Crippen LogP contribution is 2.32. The Morgan fingerprint density at radius 2 is 2.36 bits per heavy atom. The Kier molecular flexibility index (Phi) is 2.95. The van der Waals surface area contributed by atoms with Crippen LogP contribution >= 0.6 is 38.9 Å². The third-order valence-electron chi connectivity index (χ3n) is 1.95. The number of hydrogen-bond acceptors (Lipinski definition) is 2. The van der Waals surface area contributed by atoms with E-state index in [9.17, 15) is 0 Å². The molecule has 0 radical (unpaired) electrons. The molecule has 0 fully saturated rings. The van der Waals surface area contributed by atoms with Crippen molar-refractivity contribution < 1.29 is 0 Å². The molecule has 0 unspecified atom stereocenters. The molecule has 0 aromatic carbocycles. The summed E-state index contributed by atoms with van der Waals surface area (Å²) in [7, 11) is 0. The molecular formula is C9H8BrClN2S. The predicted octanol–water partition coefficient (Wildman–Crippen LogP) is 4.05. The van der Waals surface area contributed by atoms with Crippen LogP contribution in [0.4, 0.5) is 0 Å². The first kappa shape index (κ1) is 10.2. The number of halogens is 2. The average molecular weight is 292 g/mol. The molecule has 0 saturated heterocycles. The molecular weight excluding hydrogens is 284 g/mol. The smallest absolute Gasteiger partial charge is 0.203 e. The Balaban J connectivity index is 2.51. The van der Waals surface area contributed by atoms with Crippen LogP contribution in [0.15, 0.2) is 22.1 Å².